The van der Waals surface area contributed by atoms with Gasteiger partial charge in [-0.25, -0.2) is 14.3 Å². The van der Waals surface area contributed by atoms with Gasteiger partial charge in [0, 0.05) is 33.2 Å². The number of hydrogen-bond acceptors (Lipinski definition) is 8. The molecule has 0 bridgehead atoms. The van der Waals surface area contributed by atoms with E-state index in [1.54, 1.807) is 24.1 Å². The number of fused-ring (bicyclic) bond motifs is 1. The highest BCUT2D eigenvalue weighted by atomic mass is 16.5. The molecule has 12 heteroatoms. The van der Waals surface area contributed by atoms with E-state index in [1.807, 2.05) is 41.3 Å². The molecule has 3 heterocycles. The number of carboxylic acid groups (broad SMARTS) is 1. The summed E-state index contributed by atoms with van der Waals surface area (Å²) >= 11 is 0. The Morgan fingerprint density at radius 3 is 2.61 bits per heavy atom. The summed E-state index contributed by atoms with van der Waals surface area (Å²) < 4.78 is 12.4. The number of nitrogens with one attached hydrogen (secondary N) is 1. The van der Waals surface area contributed by atoms with Gasteiger partial charge in [0.1, 0.15) is 11.6 Å². The van der Waals surface area contributed by atoms with Gasteiger partial charge in [0.25, 0.3) is 11.6 Å². The quantitative estimate of drug-likeness (QED) is 0.332. The number of benzene rings is 2. The zero-order valence-corrected chi connectivity index (χ0v) is 22.9. The zero-order chi connectivity index (χ0) is 28.9. The molecule has 1 fully saturated rings. The monoisotopic (exact) mass is 560 g/mol. The normalized spacial score (nSPS) is 14.5. The van der Waals surface area contributed by atoms with Crippen LogP contribution in [-0.2, 0) is 18.3 Å². The number of aromatic nitrogens is 3. The number of methoxy groups -OCH3 is 1. The van der Waals surface area contributed by atoms with Crippen molar-refractivity contribution >= 4 is 29.1 Å². The van der Waals surface area contributed by atoms with E-state index >= 15 is 0 Å². The van der Waals surface area contributed by atoms with Crippen molar-refractivity contribution in [3.8, 4) is 16.9 Å². The minimum absolute atomic E-state index is 0.212. The van der Waals surface area contributed by atoms with E-state index in [0.717, 1.165) is 11.1 Å². The number of carboxylic acids is 1. The van der Waals surface area contributed by atoms with E-state index in [0.29, 0.717) is 67.5 Å². The number of urea groups is 1. The molecule has 0 saturated carbocycles. The second kappa shape index (κ2) is 12.1. The molecule has 12 nitrogen and oxygen atoms in total. The zero-order valence-electron chi connectivity index (χ0n) is 22.9. The molecule has 2 aromatic heterocycles. The number of oxazole rings is 1. The fraction of sp³-hybridized carbons (Fsp3) is 0.345. The van der Waals surface area contributed by atoms with Crippen molar-refractivity contribution < 1.29 is 23.8 Å². The van der Waals surface area contributed by atoms with Gasteiger partial charge < -0.3 is 29.4 Å². The van der Waals surface area contributed by atoms with Crippen LogP contribution in [0.5, 0.6) is 5.75 Å². The Kier molecular flexibility index (Phi) is 8.18. The smallest absolute Gasteiger partial charge is 0.326 e. The molecule has 1 atom stereocenters. The Morgan fingerprint density at radius 1 is 1.10 bits per heavy atom. The van der Waals surface area contributed by atoms with Crippen LogP contribution in [0.4, 0.5) is 10.8 Å². The average molecular weight is 561 g/mol. The minimum Gasteiger partial charge on any atom is -0.494 e. The average Bonchev–Trinajstić information content (AvgIpc) is 3.25. The molecule has 2 aromatic carbocycles. The van der Waals surface area contributed by atoms with E-state index < -0.39 is 18.0 Å². The van der Waals surface area contributed by atoms with Crippen molar-refractivity contribution in [2.45, 2.75) is 25.3 Å². The number of rotatable bonds is 8. The molecule has 0 spiro atoms. The SMILES string of the molecule is COc1cnn(C)c(=O)c1-c1ccc(CC[C@H](NC(=O)N2CCCN(c3nc4ccccc4o3)CC2)C(=O)O)cc1. The Morgan fingerprint density at radius 2 is 1.88 bits per heavy atom. The number of carbonyl (C=O) groups is 2. The van der Waals surface area contributed by atoms with Crippen LogP contribution in [0.2, 0.25) is 0 Å². The molecule has 0 radical (unpaired) electrons. The van der Waals surface area contributed by atoms with Crippen molar-refractivity contribution in [2.24, 2.45) is 7.05 Å². The largest absolute Gasteiger partial charge is 0.494 e. The Balaban J connectivity index is 1.18. The number of aryl methyl sites for hydroxylation is 2. The summed E-state index contributed by atoms with van der Waals surface area (Å²) in [6.07, 6.45) is 2.82. The molecule has 214 valence electrons. The number of para-hydroxylation sites is 2. The van der Waals surface area contributed by atoms with Crippen LogP contribution in [0.1, 0.15) is 18.4 Å². The summed E-state index contributed by atoms with van der Waals surface area (Å²) in [7, 11) is 3.05. The van der Waals surface area contributed by atoms with Gasteiger partial charge in [-0.15, -0.1) is 0 Å². The van der Waals surface area contributed by atoms with Crippen LogP contribution in [0.15, 0.2) is 63.9 Å². The van der Waals surface area contributed by atoms with Crippen molar-refractivity contribution in [1.29, 1.82) is 0 Å². The molecule has 0 unspecified atom stereocenters. The number of amides is 2. The number of carbonyl (C=O) groups excluding carboxylic acids is 1. The van der Waals surface area contributed by atoms with E-state index in [4.69, 9.17) is 9.15 Å². The van der Waals surface area contributed by atoms with Crippen LogP contribution >= 0.6 is 0 Å². The van der Waals surface area contributed by atoms with Gasteiger partial charge >= 0.3 is 12.0 Å². The van der Waals surface area contributed by atoms with E-state index in [1.165, 1.54) is 18.0 Å². The highest BCUT2D eigenvalue weighted by molar-refractivity contribution is 5.82. The first-order valence-electron chi connectivity index (χ1n) is 13.4. The number of hydrogen-bond donors (Lipinski definition) is 2. The predicted molar refractivity (Wildman–Crippen MR) is 152 cm³/mol. The Bertz CT molecular complexity index is 1560. The van der Waals surface area contributed by atoms with Gasteiger partial charge in [0.05, 0.1) is 18.9 Å². The molecule has 41 heavy (non-hydrogen) atoms. The van der Waals surface area contributed by atoms with Crippen LogP contribution in [-0.4, -0.2) is 76.1 Å². The molecule has 1 aliphatic heterocycles. The highest BCUT2D eigenvalue weighted by Gasteiger charge is 2.26. The second-order valence-electron chi connectivity index (χ2n) is 9.88. The topological polar surface area (TPSA) is 143 Å². The summed E-state index contributed by atoms with van der Waals surface area (Å²) in [4.78, 5) is 45.8. The van der Waals surface area contributed by atoms with Gasteiger partial charge in [0.2, 0.25) is 0 Å². The molecule has 1 aliphatic rings. The van der Waals surface area contributed by atoms with Crippen LogP contribution < -0.4 is 20.5 Å². The third kappa shape index (κ3) is 6.16. The lowest BCUT2D eigenvalue weighted by atomic mass is 10.0. The molecule has 4 aromatic rings. The highest BCUT2D eigenvalue weighted by Crippen LogP contribution is 2.26. The molecule has 2 N–H and O–H groups in total. The fourth-order valence-electron chi connectivity index (χ4n) is 4.90. The summed E-state index contributed by atoms with van der Waals surface area (Å²) in [5, 5.41) is 16.5. The third-order valence-electron chi connectivity index (χ3n) is 7.22. The Hall–Kier alpha value is -4.87. The lowest BCUT2D eigenvalue weighted by Crippen LogP contribution is -2.49. The summed E-state index contributed by atoms with van der Waals surface area (Å²) in [6, 6.07) is 13.9. The van der Waals surface area contributed by atoms with Crippen molar-refractivity contribution in [3.05, 3.63) is 70.6 Å². The minimum atomic E-state index is -1.09. The standard InChI is InChI=1S/C29H32N6O6/c1-33-26(36)25(24(40-2)18-30-33)20-11-8-19(9-12-20)10-13-22(27(37)38)31-28(39)34-14-5-15-35(17-16-34)29-32-21-6-3-4-7-23(21)41-29/h3-4,6-9,11-12,18,22H,5,10,13-17H2,1-2H3,(H,31,39)(H,37,38)/t22-/m0/s1. The van der Waals surface area contributed by atoms with Crippen LogP contribution in [0, 0.1) is 0 Å². The summed E-state index contributed by atoms with van der Waals surface area (Å²) in [5.74, 6) is -0.720. The molecular weight excluding hydrogens is 528 g/mol. The van der Waals surface area contributed by atoms with Crippen LogP contribution in [0.25, 0.3) is 22.2 Å². The lowest BCUT2D eigenvalue weighted by molar-refractivity contribution is -0.139. The number of nitrogens with zero attached hydrogens (tertiary/aromatic N) is 5. The molecular formula is C29H32N6O6. The maximum Gasteiger partial charge on any atom is 0.326 e. The maximum atomic E-state index is 13.0. The molecule has 1 saturated heterocycles. The Labute approximate surface area is 236 Å². The third-order valence-corrected chi connectivity index (χ3v) is 7.22. The van der Waals surface area contributed by atoms with Gasteiger partial charge in [0.15, 0.2) is 11.3 Å². The van der Waals surface area contributed by atoms with Crippen molar-refractivity contribution in [3.63, 3.8) is 0 Å². The summed E-state index contributed by atoms with van der Waals surface area (Å²) in [6.45, 7) is 2.10. The van der Waals surface area contributed by atoms with Crippen molar-refractivity contribution in [2.75, 3.05) is 38.2 Å². The number of ether oxygens (including phenoxy) is 1. The second-order valence-corrected chi connectivity index (χ2v) is 9.88. The molecule has 0 aliphatic carbocycles. The number of anilines is 1. The van der Waals surface area contributed by atoms with Gasteiger partial charge in [-0.1, -0.05) is 36.4 Å². The maximum absolute atomic E-state index is 13.0. The fourth-order valence-corrected chi connectivity index (χ4v) is 4.90. The van der Waals surface area contributed by atoms with Gasteiger partial charge in [-0.2, -0.15) is 10.1 Å². The lowest BCUT2D eigenvalue weighted by Gasteiger charge is -2.24. The van der Waals surface area contributed by atoms with Gasteiger partial charge in [-0.05, 0) is 42.5 Å². The van der Waals surface area contributed by atoms with E-state index in [-0.39, 0.29) is 12.0 Å². The first kappa shape index (κ1) is 27.7. The molecule has 5 rings (SSSR count). The van der Waals surface area contributed by atoms with Crippen LogP contribution in [0.3, 0.4) is 0 Å². The van der Waals surface area contributed by atoms with E-state index in [2.05, 4.69) is 15.4 Å². The van der Waals surface area contributed by atoms with E-state index in [9.17, 15) is 19.5 Å². The van der Waals surface area contributed by atoms with Crippen molar-refractivity contribution in [1.82, 2.24) is 25.0 Å². The first-order valence-corrected chi connectivity index (χ1v) is 13.4. The summed E-state index contributed by atoms with van der Waals surface area (Å²) in [5.41, 5.74) is 3.16. The number of aliphatic carboxylic acids is 1. The first-order chi connectivity index (χ1) is 19.8. The molecule has 2 amide bonds. The predicted octanol–water partition coefficient (Wildman–Crippen LogP) is 2.90. The van der Waals surface area contributed by atoms with Gasteiger partial charge in [-0.3, -0.25) is 4.79 Å².